The van der Waals surface area contributed by atoms with Gasteiger partial charge in [-0.1, -0.05) is 42.5 Å². The molecule has 0 unspecified atom stereocenters. The number of benzene rings is 3. The second-order valence-electron chi connectivity index (χ2n) is 7.03. The third kappa shape index (κ3) is 5.09. The number of ether oxygens (including phenoxy) is 1. The molecule has 158 valence electrons. The number of anilines is 1. The Labute approximate surface area is 185 Å². The summed E-state index contributed by atoms with van der Waals surface area (Å²) < 4.78 is 21.3. The van der Waals surface area contributed by atoms with Crippen molar-refractivity contribution in [2.75, 3.05) is 17.7 Å². The zero-order chi connectivity index (χ0) is 21.6. The van der Waals surface area contributed by atoms with Gasteiger partial charge in [-0.05, 0) is 42.8 Å². The lowest BCUT2D eigenvalue weighted by Crippen LogP contribution is -2.14. The van der Waals surface area contributed by atoms with Crippen LogP contribution in [0.15, 0.2) is 83.9 Å². The van der Waals surface area contributed by atoms with Crippen molar-refractivity contribution in [1.82, 2.24) is 4.57 Å². The average Bonchev–Trinajstić information content (AvgIpc) is 3.11. The second kappa shape index (κ2) is 9.71. The Morgan fingerprint density at radius 3 is 2.71 bits per heavy atom. The third-order valence-corrected chi connectivity index (χ3v) is 5.86. The number of nitrogens with one attached hydrogen (secondary N) is 1. The summed E-state index contributed by atoms with van der Waals surface area (Å²) in [6.45, 7) is 3.01. The highest BCUT2D eigenvalue weighted by Gasteiger charge is 2.13. The molecule has 4 aromatic rings. The van der Waals surface area contributed by atoms with E-state index in [-0.39, 0.29) is 17.5 Å². The van der Waals surface area contributed by atoms with Crippen LogP contribution in [0.3, 0.4) is 0 Å². The Balaban J connectivity index is 1.49. The molecule has 0 aliphatic rings. The summed E-state index contributed by atoms with van der Waals surface area (Å²) in [5.74, 6) is 0.593. The molecule has 0 saturated carbocycles. The molecule has 0 radical (unpaired) electrons. The van der Waals surface area contributed by atoms with Crippen LogP contribution in [0, 0.1) is 5.82 Å². The molecule has 4 nitrogen and oxygen atoms in total. The molecule has 4 rings (SSSR count). The zero-order valence-electron chi connectivity index (χ0n) is 17.2. The fourth-order valence-electron chi connectivity index (χ4n) is 3.47. The summed E-state index contributed by atoms with van der Waals surface area (Å²) in [5.41, 5.74) is 2.61. The smallest absolute Gasteiger partial charge is 0.234 e. The van der Waals surface area contributed by atoms with E-state index in [2.05, 4.69) is 9.88 Å². The van der Waals surface area contributed by atoms with Crippen molar-refractivity contribution in [3.05, 3.63) is 90.4 Å². The molecule has 1 heterocycles. The first-order valence-electron chi connectivity index (χ1n) is 10.1. The van der Waals surface area contributed by atoms with Crippen LogP contribution in [-0.2, 0) is 11.3 Å². The Morgan fingerprint density at radius 2 is 1.87 bits per heavy atom. The van der Waals surface area contributed by atoms with Gasteiger partial charge in [0, 0.05) is 28.5 Å². The number of carbonyl (C=O) groups is 1. The second-order valence-corrected chi connectivity index (χ2v) is 8.05. The average molecular weight is 435 g/mol. The SMILES string of the molecule is CCOc1ccccc1NC(=O)CSc1cn(Cc2cccc(F)c2)c2ccccc12. The molecule has 0 fully saturated rings. The first-order chi connectivity index (χ1) is 15.1. The van der Waals surface area contributed by atoms with Crippen LogP contribution >= 0.6 is 11.8 Å². The van der Waals surface area contributed by atoms with Crippen LogP contribution in [-0.4, -0.2) is 22.8 Å². The third-order valence-electron chi connectivity index (χ3n) is 4.81. The number of thioether (sulfide) groups is 1. The number of para-hydroxylation sites is 3. The molecule has 6 heteroatoms. The minimum Gasteiger partial charge on any atom is -0.492 e. The van der Waals surface area contributed by atoms with Gasteiger partial charge in [-0.3, -0.25) is 4.79 Å². The summed E-state index contributed by atoms with van der Waals surface area (Å²) in [6.07, 6.45) is 2.03. The molecular formula is C25H23FN2O2S. The van der Waals surface area contributed by atoms with Gasteiger partial charge in [0.15, 0.2) is 0 Å². The van der Waals surface area contributed by atoms with Crippen molar-refractivity contribution in [2.45, 2.75) is 18.4 Å². The molecule has 0 spiro atoms. The summed E-state index contributed by atoms with van der Waals surface area (Å²) in [7, 11) is 0. The van der Waals surface area contributed by atoms with Crippen LogP contribution in [0.5, 0.6) is 5.75 Å². The van der Waals surface area contributed by atoms with Gasteiger partial charge in [0.05, 0.1) is 18.0 Å². The normalized spacial score (nSPS) is 10.9. The van der Waals surface area contributed by atoms with Crippen molar-refractivity contribution < 1.29 is 13.9 Å². The van der Waals surface area contributed by atoms with Gasteiger partial charge in [-0.25, -0.2) is 4.39 Å². The fraction of sp³-hybridized carbons (Fsp3) is 0.160. The lowest BCUT2D eigenvalue weighted by Gasteiger charge is -2.11. The molecule has 0 aliphatic carbocycles. The maximum atomic E-state index is 13.6. The number of fused-ring (bicyclic) bond motifs is 1. The number of amides is 1. The van der Waals surface area contributed by atoms with E-state index in [9.17, 15) is 9.18 Å². The van der Waals surface area contributed by atoms with E-state index in [1.54, 1.807) is 12.1 Å². The number of hydrogen-bond donors (Lipinski definition) is 1. The van der Waals surface area contributed by atoms with Gasteiger partial charge in [0.2, 0.25) is 5.91 Å². The zero-order valence-corrected chi connectivity index (χ0v) is 18.0. The van der Waals surface area contributed by atoms with E-state index < -0.39 is 0 Å². The van der Waals surface area contributed by atoms with Gasteiger partial charge in [0.1, 0.15) is 11.6 Å². The van der Waals surface area contributed by atoms with Gasteiger partial charge in [-0.15, -0.1) is 11.8 Å². The first kappa shape index (κ1) is 21.0. The Kier molecular flexibility index (Phi) is 6.57. The largest absolute Gasteiger partial charge is 0.492 e. The van der Waals surface area contributed by atoms with Crippen LogP contribution in [0.1, 0.15) is 12.5 Å². The molecule has 1 N–H and O–H groups in total. The van der Waals surface area contributed by atoms with Crippen molar-refractivity contribution in [3.63, 3.8) is 0 Å². The molecular weight excluding hydrogens is 411 g/mol. The lowest BCUT2D eigenvalue weighted by molar-refractivity contribution is -0.113. The Bertz CT molecular complexity index is 1210. The highest BCUT2D eigenvalue weighted by atomic mass is 32.2. The quantitative estimate of drug-likeness (QED) is 0.348. The van der Waals surface area contributed by atoms with E-state index in [1.807, 2.05) is 67.7 Å². The van der Waals surface area contributed by atoms with E-state index in [4.69, 9.17) is 4.74 Å². The molecule has 1 amide bonds. The van der Waals surface area contributed by atoms with Crippen molar-refractivity contribution >= 4 is 34.3 Å². The molecule has 3 aromatic carbocycles. The predicted octanol–water partition coefficient (Wildman–Crippen LogP) is 5.96. The molecule has 1 aromatic heterocycles. The van der Waals surface area contributed by atoms with Crippen LogP contribution < -0.4 is 10.1 Å². The Hall–Kier alpha value is -3.25. The summed E-state index contributed by atoms with van der Waals surface area (Å²) in [5, 5.41) is 4.01. The maximum absolute atomic E-state index is 13.6. The summed E-state index contributed by atoms with van der Waals surface area (Å²) in [4.78, 5) is 13.6. The highest BCUT2D eigenvalue weighted by Crippen LogP contribution is 2.31. The molecule has 31 heavy (non-hydrogen) atoms. The van der Waals surface area contributed by atoms with Crippen LogP contribution in [0.25, 0.3) is 10.9 Å². The van der Waals surface area contributed by atoms with Crippen molar-refractivity contribution in [3.8, 4) is 5.75 Å². The molecule has 0 bridgehead atoms. The van der Waals surface area contributed by atoms with Gasteiger partial charge in [-0.2, -0.15) is 0 Å². The van der Waals surface area contributed by atoms with E-state index in [0.29, 0.717) is 24.6 Å². The highest BCUT2D eigenvalue weighted by molar-refractivity contribution is 8.00. The van der Waals surface area contributed by atoms with E-state index in [0.717, 1.165) is 21.4 Å². The predicted molar refractivity (Wildman–Crippen MR) is 124 cm³/mol. The first-order valence-corrected chi connectivity index (χ1v) is 11.1. The van der Waals surface area contributed by atoms with E-state index >= 15 is 0 Å². The molecule has 0 saturated heterocycles. The monoisotopic (exact) mass is 434 g/mol. The van der Waals surface area contributed by atoms with E-state index in [1.165, 1.54) is 17.8 Å². The van der Waals surface area contributed by atoms with Gasteiger partial charge in [0.25, 0.3) is 0 Å². The van der Waals surface area contributed by atoms with Gasteiger partial charge >= 0.3 is 0 Å². The number of halogens is 1. The molecule has 0 aliphatic heterocycles. The maximum Gasteiger partial charge on any atom is 0.234 e. The Morgan fingerprint density at radius 1 is 1.06 bits per heavy atom. The number of nitrogens with zero attached hydrogens (tertiary/aromatic N) is 1. The van der Waals surface area contributed by atoms with Crippen LogP contribution in [0.2, 0.25) is 0 Å². The number of aromatic nitrogens is 1. The minimum atomic E-state index is -0.243. The number of rotatable bonds is 8. The minimum absolute atomic E-state index is 0.0980. The fourth-order valence-corrected chi connectivity index (χ4v) is 4.36. The summed E-state index contributed by atoms with van der Waals surface area (Å²) >= 11 is 1.48. The van der Waals surface area contributed by atoms with Crippen LogP contribution in [0.4, 0.5) is 10.1 Å². The number of carbonyl (C=O) groups excluding carboxylic acids is 1. The van der Waals surface area contributed by atoms with Crippen molar-refractivity contribution in [1.29, 1.82) is 0 Å². The number of hydrogen-bond acceptors (Lipinski definition) is 3. The topological polar surface area (TPSA) is 43.3 Å². The summed E-state index contributed by atoms with van der Waals surface area (Å²) in [6, 6.07) is 22.1. The lowest BCUT2D eigenvalue weighted by atomic mass is 10.2. The standard InChI is InChI=1S/C25H23FN2O2S/c1-2-30-23-13-6-4-11-21(23)27-25(29)17-31-24-16-28(22-12-5-3-10-20(22)24)15-18-8-7-9-19(26)14-18/h3-14,16H,2,15,17H2,1H3,(H,27,29). The van der Waals surface area contributed by atoms with Crippen molar-refractivity contribution in [2.24, 2.45) is 0 Å². The molecule has 0 atom stereocenters. The van der Waals surface area contributed by atoms with Gasteiger partial charge < -0.3 is 14.6 Å².